The van der Waals surface area contributed by atoms with Crippen LogP contribution in [0.2, 0.25) is 0 Å². The van der Waals surface area contributed by atoms with Gasteiger partial charge in [-0.05, 0) is 12.3 Å². The molecule has 0 atom stereocenters. The number of nitrogens with zero attached hydrogens (tertiary/aromatic N) is 4. The molecule has 0 aromatic carbocycles. The van der Waals surface area contributed by atoms with Gasteiger partial charge in [-0.25, -0.2) is 9.97 Å². The minimum atomic E-state index is 0.469. The SMILES string of the molecule is CSc1nc(N)cc(NCc2ccnn2C)n1. The molecule has 6 nitrogen and oxygen atoms in total. The number of nitrogen functional groups attached to an aromatic ring is 1. The van der Waals surface area contributed by atoms with E-state index in [4.69, 9.17) is 5.73 Å². The van der Waals surface area contributed by atoms with E-state index < -0.39 is 0 Å². The van der Waals surface area contributed by atoms with Crippen LogP contribution < -0.4 is 11.1 Å². The third kappa shape index (κ3) is 2.88. The lowest BCUT2D eigenvalue weighted by Gasteiger charge is -2.07. The van der Waals surface area contributed by atoms with Gasteiger partial charge in [0.25, 0.3) is 0 Å². The molecule has 2 aromatic heterocycles. The van der Waals surface area contributed by atoms with E-state index in [0.717, 1.165) is 11.5 Å². The Balaban J connectivity index is 2.09. The van der Waals surface area contributed by atoms with E-state index in [1.54, 1.807) is 12.3 Å². The van der Waals surface area contributed by atoms with Gasteiger partial charge in [-0.1, -0.05) is 11.8 Å². The third-order valence-electron chi connectivity index (χ3n) is 2.28. The molecule has 3 N–H and O–H groups in total. The Morgan fingerprint density at radius 1 is 1.47 bits per heavy atom. The largest absolute Gasteiger partial charge is 0.383 e. The summed E-state index contributed by atoms with van der Waals surface area (Å²) in [7, 11) is 1.90. The maximum Gasteiger partial charge on any atom is 0.191 e. The van der Waals surface area contributed by atoms with Crippen LogP contribution in [0.4, 0.5) is 11.6 Å². The molecule has 2 rings (SSSR count). The average Bonchev–Trinajstić information content (AvgIpc) is 2.71. The van der Waals surface area contributed by atoms with Gasteiger partial charge in [0.15, 0.2) is 5.16 Å². The van der Waals surface area contributed by atoms with Crippen molar-refractivity contribution in [2.45, 2.75) is 11.7 Å². The Kier molecular flexibility index (Phi) is 3.48. The zero-order valence-electron chi connectivity index (χ0n) is 9.71. The summed E-state index contributed by atoms with van der Waals surface area (Å²) < 4.78 is 1.81. The molecule has 90 valence electrons. The number of anilines is 2. The smallest absolute Gasteiger partial charge is 0.191 e. The maximum atomic E-state index is 5.69. The number of hydrogen-bond donors (Lipinski definition) is 2. The van der Waals surface area contributed by atoms with Crippen LogP contribution in [0.5, 0.6) is 0 Å². The molecule has 2 aromatic rings. The number of rotatable bonds is 4. The van der Waals surface area contributed by atoms with E-state index in [-0.39, 0.29) is 0 Å². The van der Waals surface area contributed by atoms with E-state index in [0.29, 0.717) is 17.5 Å². The molecular weight excluding hydrogens is 236 g/mol. The van der Waals surface area contributed by atoms with Crippen LogP contribution >= 0.6 is 11.8 Å². The van der Waals surface area contributed by atoms with Crippen molar-refractivity contribution in [1.29, 1.82) is 0 Å². The molecule has 0 unspecified atom stereocenters. The van der Waals surface area contributed by atoms with Crippen LogP contribution in [0.3, 0.4) is 0 Å². The zero-order valence-corrected chi connectivity index (χ0v) is 10.5. The number of hydrogen-bond acceptors (Lipinski definition) is 6. The molecule has 0 saturated heterocycles. The highest BCUT2D eigenvalue weighted by molar-refractivity contribution is 7.98. The number of nitrogens with one attached hydrogen (secondary N) is 1. The molecule has 0 fully saturated rings. The first-order chi connectivity index (χ1) is 8.19. The van der Waals surface area contributed by atoms with Gasteiger partial charge in [-0.2, -0.15) is 5.10 Å². The van der Waals surface area contributed by atoms with Crippen LogP contribution in [-0.4, -0.2) is 26.0 Å². The molecule has 17 heavy (non-hydrogen) atoms. The summed E-state index contributed by atoms with van der Waals surface area (Å²) in [6.45, 7) is 0.654. The Hall–Kier alpha value is -1.76. The van der Waals surface area contributed by atoms with Crippen molar-refractivity contribution in [3.8, 4) is 0 Å². The fraction of sp³-hybridized carbons (Fsp3) is 0.300. The summed E-state index contributed by atoms with van der Waals surface area (Å²) in [5.41, 5.74) is 6.77. The second-order valence-electron chi connectivity index (χ2n) is 3.46. The molecule has 7 heteroatoms. The van der Waals surface area contributed by atoms with Crippen LogP contribution in [0.15, 0.2) is 23.5 Å². The quantitative estimate of drug-likeness (QED) is 0.625. The minimum Gasteiger partial charge on any atom is -0.383 e. The first-order valence-corrected chi connectivity index (χ1v) is 6.31. The third-order valence-corrected chi connectivity index (χ3v) is 2.83. The van der Waals surface area contributed by atoms with Crippen molar-refractivity contribution in [2.24, 2.45) is 7.05 Å². The Bertz CT molecular complexity index is 509. The first-order valence-electron chi connectivity index (χ1n) is 5.08. The van der Waals surface area contributed by atoms with E-state index >= 15 is 0 Å². The number of nitrogens with two attached hydrogens (primary N) is 1. The summed E-state index contributed by atoms with van der Waals surface area (Å²) in [5.74, 6) is 1.19. The number of thioether (sulfide) groups is 1. The van der Waals surface area contributed by atoms with E-state index in [2.05, 4.69) is 20.4 Å². The van der Waals surface area contributed by atoms with E-state index in [1.807, 2.05) is 24.1 Å². The van der Waals surface area contributed by atoms with Crippen LogP contribution in [-0.2, 0) is 13.6 Å². The van der Waals surface area contributed by atoms with Gasteiger partial charge in [-0.3, -0.25) is 4.68 Å². The van der Waals surface area contributed by atoms with Crippen molar-refractivity contribution in [2.75, 3.05) is 17.3 Å². The van der Waals surface area contributed by atoms with Crippen molar-refractivity contribution in [1.82, 2.24) is 19.7 Å². The molecule has 0 spiro atoms. The van der Waals surface area contributed by atoms with Gasteiger partial charge < -0.3 is 11.1 Å². The van der Waals surface area contributed by atoms with Crippen LogP contribution in [0, 0.1) is 0 Å². The second-order valence-corrected chi connectivity index (χ2v) is 4.24. The lowest BCUT2D eigenvalue weighted by molar-refractivity contribution is 0.719. The monoisotopic (exact) mass is 250 g/mol. The van der Waals surface area contributed by atoms with Gasteiger partial charge in [0.2, 0.25) is 0 Å². The van der Waals surface area contributed by atoms with Crippen molar-refractivity contribution in [3.05, 3.63) is 24.0 Å². The summed E-state index contributed by atoms with van der Waals surface area (Å²) in [5, 5.41) is 7.96. The van der Waals surface area contributed by atoms with Crippen LogP contribution in [0.25, 0.3) is 0 Å². The number of aryl methyl sites for hydroxylation is 1. The predicted octanol–water partition coefficient (Wildman–Crippen LogP) is 1.13. The van der Waals surface area contributed by atoms with Gasteiger partial charge in [0, 0.05) is 19.3 Å². The van der Waals surface area contributed by atoms with Crippen molar-refractivity contribution in [3.63, 3.8) is 0 Å². The molecule has 0 bridgehead atoms. The molecule has 0 aliphatic heterocycles. The highest BCUT2D eigenvalue weighted by atomic mass is 32.2. The average molecular weight is 250 g/mol. The summed E-state index contributed by atoms with van der Waals surface area (Å²) in [6, 6.07) is 3.67. The maximum absolute atomic E-state index is 5.69. The standard InChI is InChI=1S/C10H14N6S/c1-16-7(3-4-13-16)6-12-9-5-8(11)14-10(15-9)17-2/h3-5H,6H2,1-2H3,(H3,11,12,14,15). The summed E-state index contributed by atoms with van der Waals surface area (Å²) in [6.07, 6.45) is 3.68. The van der Waals surface area contributed by atoms with Crippen LogP contribution in [0.1, 0.15) is 5.69 Å². The predicted molar refractivity (Wildman–Crippen MR) is 68.8 cm³/mol. The minimum absolute atomic E-state index is 0.469. The Morgan fingerprint density at radius 2 is 2.29 bits per heavy atom. The van der Waals surface area contributed by atoms with Gasteiger partial charge in [0.05, 0.1) is 12.2 Å². The molecule has 0 saturated carbocycles. The fourth-order valence-corrected chi connectivity index (χ4v) is 1.77. The highest BCUT2D eigenvalue weighted by Gasteiger charge is 2.03. The molecular formula is C10H14N6S. The Morgan fingerprint density at radius 3 is 2.94 bits per heavy atom. The molecule has 0 radical (unpaired) electrons. The van der Waals surface area contributed by atoms with E-state index in [1.165, 1.54) is 11.8 Å². The normalized spacial score (nSPS) is 10.5. The molecule has 0 aliphatic rings. The summed E-state index contributed by atoms with van der Waals surface area (Å²) in [4.78, 5) is 8.40. The van der Waals surface area contributed by atoms with Crippen molar-refractivity contribution < 1.29 is 0 Å². The zero-order chi connectivity index (χ0) is 12.3. The summed E-state index contributed by atoms with van der Waals surface area (Å²) >= 11 is 1.46. The topological polar surface area (TPSA) is 81.6 Å². The molecule has 0 aliphatic carbocycles. The second kappa shape index (κ2) is 5.05. The van der Waals surface area contributed by atoms with Gasteiger partial charge in [0.1, 0.15) is 11.6 Å². The Labute approximate surface area is 104 Å². The van der Waals surface area contributed by atoms with Gasteiger partial charge in [-0.15, -0.1) is 0 Å². The molecule has 2 heterocycles. The van der Waals surface area contributed by atoms with Gasteiger partial charge >= 0.3 is 0 Å². The van der Waals surface area contributed by atoms with Crippen molar-refractivity contribution >= 4 is 23.4 Å². The number of aromatic nitrogens is 4. The lowest BCUT2D eigenvalue weighted by Crippen LogP contribution is -2.07. The molecule has 0 amide bonds. The van der Waals surface area contributed by atoms with E-state index in [9.17, 15) is 0 Å². The first kappa shape index (κ1) is 11.7. The highest BCUT2D eigenvalue weighted by Crippen LogP contribution is 2.15. The fourth-order valence-electron chi connectivity index (χ4n) is 1.38. The lowest BCUT2D eigenvalue weighted by atomic mass is 10.4.